The number of aliphatic hydroxyl groups is 1. The van der Waals surface area contributed by atoms with Gasteiger partial charge < -0.3 is 14.9 Å². The van der Waals surface area contributed by atoms with Crippen LogP contribution in [0.5, 0.6) is 0 Å². The number of hydrogen-bond donors (Lipinski definition) is 1. The molecule has 1 N–H and O–H groups in total. The molecule has 1 aliphatic rings. The Kier molecular flexibility index (Phi) is 7.04. The number of rotatable bonds is 4. The third-order valence-corrected chi connectivity index (χ3v) is 6.16. The Labute approximate surface area is 213 Å². The second-order valence-corrected chi connectivity index (χ2v) is 8.81. The van der Waals surface area contributed by atoms with E-state index in [0.717, 1.165) is 54.2 Å². The second kappa shape index (κ2) is 10.7. The number of piperazine rings is 1. The first kappa shape index (κ1) is 24.3. The van der Waals surface area contributed by atoms with E-state index in [4.69, 9.17) is 0 Å². The van der Waals surface area contributed by atoms with E-state index in [-0.39, 0.29) is 5.82 Å². The zero-order chi connectivity index (χ0) is 25.8. The van der Waals surface area contributed by atoms with Gasteiger partial charge >= 0.3 is 0 Å². The minimum Gasteiger partial charge on any atom is -0.389 e. The Morgan fingerprint density at radius 3 is 2.16 bits per heavy atom. The van der Waals surface area contributed by atoms with Gasteiger partial charge in [0.15, 0.2) is 5.82 Å². The average Bonchev–Trinajstić information content (AvgIpc) is 3.56. The van der Waals surface area contributed by atoms with Crippen LogP contribution in [0.15, 0.2) is 73.7 Å². The van der Waals surface area contributed by atoms with Gasteiger partial charge in [0, 0.05) is 74.7 Å². The first-order chi connectivity index (χ1) is 18.0. The number of nitrogens with zero attached hydrogens (tertiary/aromatic N) is 9. The maximum Gasteiger partial charge on any atom is 0.225 e. The number of anilines is 2. The highest BCUT2D eigenvalue weighted by atomic mass is 19.1. The average molecular weight is 502 g/mol. The lowest BCUT2D eigenvalue weighted by Crippen LogP contribution is -2.47. The van der Waals surface area contributed by atoms with Crippen LogP contribution < -0.4 is 9.80 Å². The Hall–Kier alpha value is -4.38. The smallest absolute Gasteiger partial charge is 0.225 e. The van der Waals surface area contributed by atoms with Crippen molar-refractivity contribution in [1.82, 2.24) is 34.3 Å². The first-order valence-electron chi connectivity index (χ1n) is 12.0. The molecule has 37 heavy (non-hydrogen) atoms. The summed E-state index contributed by atoms with van der Waals surface area (Å²) in [4.78, 5) is 17.8. The van der Waals surface area contributed by atoms with Crippen LogP contribution in [0.3, 0.4) is 0 Å². The van der Waals surface area contributed by atoms with E-state index >= 15 is 0 Å². The van der Waals surface area contributed by atoms with Crippen molar-refractivity contribution in [2.24, 2.45) is 7.05 Å². The first-order valence-corrected chi connectivity index (χ1v) is 12.0. The molecule has 1 unspecified atom stereocenters. The summed E-state index contributed by atoms with van der Waals surface area (Å²) in [6, 6.07) is 10.0. The zero-order valence-electron chi connectivity index (χ0n) is 20.7. The van der Waals surface area contributed by atoms with E-state index in [1.54, 1.807) is 48.5 Å². The van der Waals surface area contributed by atoms with Crippen molar-refractivity contribution >= 4 is 17.3 Å². The molecular formula is C26H28FN9O. The fraction of sp³-hybridized carbons (Fsp3) is 0.269. The van der Waals surface area contributed by atoms with Crippen molar-refractivity contribution < 1.29 is 9.50 Å². The number of halogens is 1. The largest absolute Gasteiger partial charge is 0.389 e. The summed E-state index contributed by atoms with van der Waals surface area (Å²) in [7, 11) is 1.91. The highest BCUT2D eigenvalue weighted by molar-refractivity contribution is 5.77. The van der Waals surface area contributed by atoms with Gasteiger partial charge in [0.05, 0.1) is 12.3 Å². The topological polar surface area (TPSA) is 101 Å². The van der Waals surface area contributed by atoms with Crippen molar-refractivity contribution in [3.8, 4) is 11.1 Å². The van der Waals surface area contributed by atoms with Gasteiger partial charge in [0.2, 0.25) is 5.95 Å². The number of fused-ring (bicyclic) bond motifs is 1. The Bertz CT molecular complexity index is 1440. The molecule has 0 spiro atoms. The van der Waals surface area contributed by atoms with Crippen LogP contribution in [-0.4, -0.2) is 65.6 Å². The third kappa shape index (κ3) is 5.56. The minimum atomic E-state index is -0.560. The standard InChI is InChI=1S/C20H23N9O.C6H5F/c1-14(30)16-8-21-20(22-9-16)28-5-3-27(4-6-28)19-18-7-15(12-29(18)25-13-23-19)17-10-24-26(2)11-17;7-6-4-2-1-3-5-6/h7-14,30H,3-6H2,1-2H3;1-5H. The van der Waals surface area contributed by atoms with Crippen molar-refractivity contribution in [2.75, 3.05) is 36.0 Å². The van der Waals surface area contributed by atoms with E-state index in [1.165, 1.54) is 12.1 Å². The molecule has 1 saturated heterocycles. The predicted molar refractivity (Wildman–Crippen MR) is 139 cm³/mol. The molecule has 1 fully saturated rings. The van der Waals surface area contributed by atoms with Gasteiger partial charge in [0.1, 0.15) is 17.7 Å². The lowest BCUT2D eigenvalue weighted by Gasteiger charge is -2.35. The van der Waals surface area contributed by atoms with E-state index in [1.807, 2.05) is 30.2 Å². The summed E-state index contributed by atoms with van der Waals surface area (Å²) >= 11 is 0. The maximum absolute atomic E-state index is 11.9. The quantitative estimate of drug-likeness (QED) is 0.401. The fourth-order valence-electron chi connectivity index (χ4n) is 4.13. The third-order valence-electron chi connectivity index (χ3n) is 6.16. The van der Waals surface area contributed by atoms with Gasteiger partial charge in [-0.05, 0) is 25.1 Å². The van der Waals surface area contributed by atoms with Gasteiger partial charge in [-0.1, -0.05) is 18.2 Å². The van der Waals surface area contributed by atoms with Gasteiger partial charge in [-0.3, -0.25) is 4.68 Å². The Morgan fingerprint density at radius 2 is 1.57 bits per heavy atom. The molecule has 0 amide bonds. The molecule has 11 heteroatoms. The van der Waals surface area contributed by atoms with Gasteiger partial charge in [-0.15, -0.1) is 0 Å². The van der Waals surface area contributed by atoms with Crippen LogP contribution in [0.4, 0.5) is 16.2 Å². The second-order valence-electron chi connectivity index (χ2n) is 8.81. The molecule has 5 aromatic rings. The molecule has 1 aromatic carbocycles. The van der Waals surface area contributed by atoms with Crippen molar-refractivity contribution in [1.29, 1.82) is 0 Å². The summed E-state index contributed by atoms with van der Waals surface area (Å²) < 4.78 is 15.6. The fourth-order valence-corrected chi connectivity index (χ4v) is 4.13. The normalized spacial score (nSPS) is 14.4. The molecule has 190 valence electrons. The summed E-state index contributed by atoms with van der Waals surface area (Å²) in [5.74, 6) is 1.43. The lowest BCUT2D eigenvalue weighted by molar-refractivity contribution is 0.198. The lowest BCUT2D eigenvalue weighted by atomic mass is 10.2. The zero-order valence-corrected chi connectivity index (χ0v) is 20.7. The van der Waals surface area contributed by atoms with Crippen LogP contribution in [0.25, 0.3) is 16.6 Å². The van der Waals surface area contributed by atoms with Gasteiger partial charge in [0.25, 0.3) is 0 Å². The molecule has 0 bridgehead atoms. The number of hydrogen-bond acceptors (Lipinski definition) is 8. The van der Waals surface area contributed by atoms with E-state index in [2.05, 4.69) is 41.0 Å². The van der Waals surface area contributed by atoms with Crippen LogP contribution >= 0.6 is 0 Å². The molecule has 0 saturated carbocycles. The maximum atomic E-state index is 11.9. The van der Waals surface area contributed by atoms with Crippen molar-refractivity contribution in [3.05, 3.63) is 85.1 Å². The summed E-state index contributed by atoms with van der Waals surface area (Å²) in [6.45, 7) is 4.91. The molecule has 1 aliphatic heterocycles. The highest BCUT2D eigenvalue weighted by Gasteiger charge is 2.22. The molecule has 10 nitrogen and oxygen atoms in total. The van der Waals surface area contributed by atoms with Gasteiger partial charge in [-0.25, -0.2) is 23.9 Å². The molecular weight excluding hydrogens is 473 g/mol. The molecule has 0 radical (unpaired) electrons. The molecule has 4 aromatic heterocycles. The number of aromatic nitrogens is 7. The minimum absolute atomic E-state index is 0.178. The SMILES string of the molecule is CC(O)c1cnc(N2CCN(c3ncnn4cc(-c5cnn(C)c5)cc34)CC2)nc1.Fc1ccccc1. The molecule has 5 heterocycles. The number of benzene rings is 1. The molecule has 0 aliphatic carbocycles. The van der Waals surface area contributed by atoms with Crippen LogP contribution in [0, 0.1) is 5.82 Å². The van der Waals surface area contributed by atoms with Crippen LogP contribution in [0.1, 0.15) is 18.6 Å². The molecule has 1 atom stereocenters. The van der Waals surface area contributed by atoms with E-state index < -0.39 is 6.10 Å². The van der Waals surface area contributed by atoms with Gasteiger partial charge in [-0.2, -0.15) is 10.2 Å². The Balaban J connectivity index is 0.000000348. The van der Waals surface area contributed by atoms with E-state index in [9.17, 15) is 9.50 Å². The van der Waals surface area contributed by atoms with Crippen molar-refractivity contribution in [2.45, 2.75) is 13.0 Å². The summed E-state index contributed by atoms with van der Waals surface area (Å²) in [5.41, 5.74) is 3.81. The van der Waals surface area contributed by atoms with Crippen molar-refractivity contribution in [3.63, 3.8) is 0 Å². The predicted octanol–water partition coefficient (Wildman–Crippen LogP) is 3.13. The summed E-state index contributed by atoms with van der Waals surface area (Å²) in [5, 5.41) is 18.3. The van der Waals surface area contributed by atoms with Crippen LogP contribution in [0.2, 0.25) is 0 Å². The number of aryl methyl sites for hydroxylation is 1. The Morgan fingerprint density at radius 1 is 0.865 bits per heavy atom. The molecule has 6 rings (SSSR count). The number of aliphatic hydroxyl groups excluding tert-OH is 1. The highest BCUT2D eigenvalue weighted by Crippen LogP contribution is 2.27. The summed E-state index contributed by atoms with van der Waals surface area (Å²) in [6.07, 6.45) is 10.3. The van der Waals surface area contributed by atoms with Crippen LogP contribution in [-0.2, 0) is 7.05 Å². The van der Waals surface area contributed by atoms with E-state index in [0.29, 0.717) is 5.95 Å². The monoisotopic (exact) mass is 501 g/mol.